The molecule has 1 atom stereocenters. The van der Waals surface area contributed by atoms with Crippen molar-refractivity contribution in [3.8, 4) is 11.5 Å². The van der Waals surface area contributed by atoms with E-state index in [9.17, 15) is 9.90 Å². The zero-order valence-electron chi connectivity index (χ0n) is 13.2. The molecule has 1 aliphatic heterocycles. The highest BCUT2D eigenvalue weighted by molar-refractivity contribution is 6.31. The standard InChI is InChI=1S/C18H18ClNO4/c1-18(22,13-6-7-15-16(9-13)24-11-23-15)10-20-17(21)8-12-4-2-3-5-14(12)19/h2-7,9,22H,8,10-11H2,1H3,(H,20,21). The van der Waals surface area contributed by atoms with Crippen molar-refractivity contribution in [3.63, 3.8) is 0 Å². The quantitative estimate of drug-likeness (QED) is 0.872. The molecule has 1 aliphatic rings. The number of carbonyl (C=O) groups excluding carboxylic acids is 1. The average Bonchev–Trinajstić information content (AvgIpc) is 3.03. The maximum absolute atomic E-state index is 12.1. The van der Waals surface area contributed by atoms with Crippen LogP contribution in [0.3, 0.4) is 0 Å². The van der Waals surface area contributed by atoms with E-state index in [-0.39, 0.29) is 25.7 Å². The van der Waals surface area contributed by atoms with Gasteiger partial charge in [-0.2, -0.15) is 0 Å². The molecule has 6 heteroatoms. The summed E-state index contributed by atoms with van der Waals surface area (Å²) in [5.74, 6) is 1.04. The minimum Gasteiger partial charge on any atom is -0.454 e. The van der Waals surface area contributed by atoms with Crippen LogP contribution < -0.4 is 14.8 Å². The highest BCUT2D eigenvalue weighted by Crippen LogP contribution is 2.35. The maximum atomic E-state index is 12.1. The number of nitrogens with one attached hydrogen (secondary N) is 1. The van der Waals surface area contributed by atoms with E-state index in [1.54, 1.807) is 37.3 Å². The number of fused-ring (bicyclic) bond motifs is 1. The monoisotopic (exact) mass is 347 g/mol. The number of amides is 1. The molecule has 1 heterocycles. The number of hydrogen-bond acceptors (Lipinski definition) is 4. The topological polar surface area (TPSA) is 67.8 Å². The Hall–Kier alpha value is -2.24. The van der Waals surface area contributed by atoms with Crippen LogP contribution >= 0.6 is 11.6 Å². The highest BCUT2D eigenvalue weighted by atomic mass is 35.5. The minimum absolute atomic E-state index is 0.0793. The van der Waals surface area contributed by atoms with E-state index in [1.165, 1.54) is 0 Å². The van der Waals surface area contributed by atoms with Crippen molar-refractivity contribution in [3.05, 3.63) is 58.6 Å². The molecule has 0 spiro atoms. The van der Waals surface area contributed by atoms with Gasteiger partial charge in [0.25, 0.3) is 0 Å². The Morgan fingerprint density at radius 3 is 2.79 bits per heavy atom. The second kappa shape index (κ2) is 6.71. The Morgan fingerprint density at radius 2 is 2.00 bits per heavy atom. The van der Waals surface area contributed by atoms with Crippen molar-refractivity contribution in [2.45, 2.75) is 18.9 Å². The third kappa shape index (κ3) is 3.63. The molecule has 0 saturated carbocycles. The summed E-state index contributed by atoms with van der Waals surface area (Å²) in [5, 5.41) is 13.9. The van der Waals surface area contributed by atoms with E-state index in [2.05, 4.69) is 5.32 Å². The third-order valence-corrected chi connectivity index (χ3v) is 4.30. The molecule has 2 aromatic rings. The van der Waals surface area contributed by atoms with Gasteiger partial charge in [-0.05, 0) is 36.2 Å². The first-order valence-corrected chi connectivity index (χ1v) is 7.96. The van der Waals surface area contributed by atoms with Gasteiger partial charge in [0.15, 0.2) is 11.5 Å². The lowest BCUT2D eigenvalue weighted by Crippen LogP contribution is -2.39. The van der Waals surface area contributed by atoms with Crippen LogP contribution in [0.4, 0.5) is 0 Å². The summed E-state index contributed by atoms with van der Waals surface area (Å²) in [4.78, 5) is 12.1. The number of benzene rings is 2. The van der Waals surface area contributed by atoms with Crippen molar-refractivity contribution in [2.75, 3.05) is 13.3 Å². The summed E-state index contributed by atoms with van der Waals surface area (Å²) in [7, 11) is 0. The zero-order valence-corrected chi connectivity index (χ0v) is 14.0. The summed E-state index contributed by atoms with van der Waals surface area (Å²) in [6.45, 7) is 1.89. The number of rotatable bonds is 5. The molecule has 2 N–H and O–H groups in total. The van der Waals surface area contributed by atoms with E-state index in [0.717, 1.165) is 5.56 Å². The number of carbonyl (C=O) groups is 1. The lowest BCUT2D eigenvalue weighted by molar-refractivity contribution is -0.121. The number of halogens is 1. The Balaban J connectivity index is 1.62. The van der Waals surface area contributed by atoms with Gasteiger partial charge in [-0.1, -0.05) is 35.9 Å². The first-order chi connectivity index (χ1) is 11.5. The molecule has 0 radical (unpaired) electrons. The van der Waals surface area contributed by atoms with Crippen molar-refractivity contribution >= 4 is 17.5 Å². The predicted octanol–water partition coefficient (Wildman–Crippen LogP) is 2.64. The van der Waals surface area contributed by atoms with Crippen LogP contribution in [0.25, 0.3) is 0 Å². The molecule has 1 unspecified atom stereocenters. The van der Waals surface area contributed by atoms with Gasteiger partial charge in [0.1, 0.15) is 5.60 Å². The fraction of sp³-hybridized carbons (Fsp3) is 0.278. The van der Waals surface area contributed by atoms with E-state index in [0.29, 0.717) is 22.1 Å². The fourth-order valence-electron chi connectivity index (χ4n) is 2.48. The van der Waals surface area contributed by atoms with Crippen LogP contribution in [0.2, 0.25) is 5.02 Å². The molecular weight excluding hydrogens is 330 g/mol. The molecule has 24 heavy (non-hydrogen) atoms. The summed E-state index contributed by atoms with van der Waals surface area (Å²) in [5.41, 5.74) is 0.168. The summed E-state index contributed by atoms with van der Waals surface area (Å²) in [6, 6.07) is 12.4. The average molecular weight is 348 g/mol. The third-order valence-electron chi connectivity index (χ3n) is 3.93. The molecule has 5 nitrogen and oxygen atoms in total. The molecule has 126 valence electrons. The fourth-order valence-corrected chi connectivity index (χ4v) is 2.68. The second-order valence-corrected chi connectivity index (χ2v) is 6.29. The van der Waals surface area contributed by atoms with Gasteiger partial charge in [-0.3, -0.25) is 4.79 Å². The number of aliphatic hydroxyl groups is 1. The van der Waals surface area contributed by atoms with E-state index in [1.807, 2.05) is 12.1 Å². The van der Waals surface area contributed by atoms with Crippen LogP contribution in [0.5, 0.6) is 11.5 Å². The van der Waals surface area contributed by atoms with Crippen molar-refractivity contribution in [1.82, 2.24) is 5.32 Å². The molecule has 0 aliphatic carbocycles. The van der Waals surface area contributed by atoms with Gasteiger partial charge in [-0.25, -0.2) is 0 Å². The molecule has 0 aromatic heterocycles. The Labute approximate surface area is 145 Å². The highest BCUT2D eigenvalue weighted by Gasteiger charge is 2.26. The van der Waals surface area contributed by atoms with Gasteiger partial charge in [0, 0.05) is 5.02 Å². The van der Waals surface area contributed by atoms with E-state index < -0.39 is 5.60 Å². The smallest absolute Gasteiger partial charge is 0.231 e. The Morgan fingerprint density at radius 1 is 1.25 bits per heavy atom. The van der Waals surface area contributed by atoms with Crippen LogP contribution in [-0.4, -0.2) is 24.4 Å². The van der Waals surface area contributed by atoms with Crippen molar-refractivity contribution in [2.24, 2.45) is 0 Å². The maximum Gasteiger partial charge on any atom is 0.231 e. The molecule has 1 amide bonds. The van der Waals surface area contributed by atoms with Crippen LogP contribution in [-0.2, 0) is 16.8 Å². The van der Waals surface area contributed by atoms with E-state index >= 15 is 0 Å². The van der Waals surface area contributed by atoms with E-state index in [4.69, 9.17) is 21.1 Å². The SMILES string of the molecule is CC(O)(CNC(=O)Cc1ccccc1Cl)c1ccc2c(c1)OCO2. The van der Waals surface area contributed by atoms with Crippen LogP contribution in [0.15, 0.2) is 42.5 Å². The van der Waals surface area contributed by atoms with Gasteiger partial charge < -0.3 is 19.9 Å². The first kappa shape index (κ1) is 16.6. The van der Waals surface area contributed by atoms with Crippen molar-refractivity contribution in [1.29, 1.82) is 0 Å². The second-order valence-electron chi connectivity index (χ2n) is 5.89. The lowest BCUT2D eigenvalue weighted by Gasteiger charge is -2.24. The zero-order chi connectivity index (χ0) is 17.2. The lowest BCUT2D eigenvalue weighted by atomic mass is 9.95. The molecule has 3 rings (SSSR count). The van der Waals surface area contributed by atoms with Gasteiger partial charge in [0.2, 0.25) is 12.7 Å². The van der Waals surface area contributed by atoms with Gasteiger partial charge in [0.05, 0.1) is 13.0 Å². The first-order valence-electron chi connectivity index (χ1n) is 7.58. The Kier molecular flexibility index (Phi) is 4.64. The van der Waals surface area contributed by atoms with Gasteiger partial charge >= 0.3 is 0 Å². The van der Waals surface area contributed by atoms with Crippen molar-refractivity contribution < 1.29 is 19.4 Å². The summed E-state index contributed by atoms with van der Waals surface area (Å²) >= 11 is 6.05. The van der Waals surface area contributed by atoms with Crippen LogP contribution in [0.1, 0.15) is 18.1 Å². The minimum atomic E-state index is -1.23. The normalized spacial score (nSPS) is 15.0. The molecule has 0 bridgehead atoms. The molecule has 0 saturated heterocycles. The number of hydrogen-bond donors (Lipinski definition) is 2. The largest absolute Gasteiger partial charge is 0.454 e. The van der Waals surface area contributed by atoms with Gasteiger partial charge in [-0.15, -0.1) is 0 Å². The summed E-state index contributed by atoms with van der Waals surface area (Å²) in [6.07, 6.45) is 0.164. The molecule has 2 aromatic carbocycles. The predicted molar refractivity (Wildman–Crippen MR) is 90.3 cm³/mol. The summed E-state index contributed by atoms with van der Waals surface area (Å²) < 4.78 is 10.6. The Bertz CT molecular complexity index is 760. The number of ether oxygens (including phenoxy) is 2. The van der Waals surface area contributed by atoms with Crippen LogP contribution in [0, 0.1) is 0 Å². The molecule has 0 fully saturated rings. The molecular formula is C18H18ClNO4.